The minimum absolute atomic E-state index is 0.0108. The van der Waals surface area contributed by atoms with Gasteiger partial charge in [-0.2, -0.15) is 4.98 Å². The smallest absolute Gasteiger partial charge is 0.315 e. The molecule has 0 saturated heterocycles. The number of carbonyl (C=O) groups is 1. The Morgan fingerprint density at radius 1 is 1.38 bits per heavy atom. The Kier molecular flexibility index (Phi) is 2.97. The van der Waals surface area contributed by atoms with E-state index in [1.54, 1.807) is 6.92 Å². The van der Waals surface area contributed by atoms with Crippen LogP contribution < -0.4 is 5.32 Å². The third kappa shape index (κ3) is 2.51. The number of hydrogen-bond acceptors (Lipinski definition) is 4. The van der Waals surface area contributed by atoms with Gasteiger partial charge in [0.15, 0.2) is 5.82 Å². The Hall–Kier alpha value is -0.910. The number of amides is 1. The summed E-state index contributed by atoms with van der Waals surface area (Å²) in [5, 5.41) is 6.45. The van der Waals surface area contributed by atoms with E-state index in [-0.39, 0.29) is 17.3 Å². The molecule has 1 N–H and O–H groups in total. The number of carbonyl (C=O) groups excluding carboxylic acids is 1. The number of hydrogen-bond donors (Lipinski definition) is 1. The van der Waals surface area contributed by atoms with Crippen LogP contribution in [0.5, 0.6) is 0 Å². The van der Waals surface area contributed by atoms with Crippen molar-refractivity contribution in [2.24, 2.45) is 17.3 Å². The van der Waals surface area contributed by atoms with Crippen molar-refractivity contribution >= 4 is 27.9 Å². The maximum atomic E-state index is 12.4. The fourth-order valence-electron chi connectivity index (χ4n) is 5.39. The molecule has 4 fully saturated rings. The molecule has 4 saturated carbocycles. The molecule has 21 heavy (non-hydrogen) atoms. The Morgan fingerprint density at radius 3 is 2.67 bits per heavy atom. The first-order valence-corrected chi connectivity index (χ1v) is 8.52. The molecular formula is C15H20BrN3O2. The van der Waals surface area contributed by atoms with E-state index in [1.807, 2.05) is 0 Å². The maximum absolute atomic E-state index is 12.4. The second-order valence-electron chi connectivity index (χ2n) is 7.48. The van der Waals surface area contributed by atoms with Gasteiger partial charge >= 0.3 is 6.01 Å². The number of rotatable bonds is 3. The Bertz CT molecular complexity index is 571. The van der Waals surface area contributed by atoms with Gasteiger partial charge < -0.3 is 4.52 Å². The zero-order valence-electron chi connectivity index (χ0n) is 12.2. The number of nitrogens with zero attached hydrogens (tertiary/aromatic N) is 2. The highest BCUT2D eigenvalue weighted by Crippen LogP contribution is 2.65. The minimum Gasteiger partial charge on any atom is -0.315 e. The third-order valence-electron chi connectivity index (χ3n) is 5.42. The summed E-state index contributed by atoms with van der Waals surface area (Å²) >= 11 is 3.98. The van der Waals surface area contributed by atoms with E-state index >= 15 is 0 Å². The van der Waals surface area contributed by atoms with Crippen molar-refractivity contribution in [3.63, 3.8) is 0 Å². The van der Waals surface area contributed by atoms with Crippen LogP contribution in [0.25, 0.3) is 0 Å². The van der Waals surface area contributed by atoms with Gasteiger partial charge in [0.1, 0.15) is 0 Å². The van der Waals surface area contributed by atoms with Crippen molar-refractivity contribution in [2.45, 2.75) is 56.2 Å². The van der Waals surface area contributed by atoms with E-state index in [1.165, 1.54) is 32.1 Å². The zero-order chi connectivity index (χ0) is 14.7. The summed E-state index contributed by atoms with van der Waals surface area (Å²) in [7, 11) is 0. The molecule has 1 amide bonds. The lowest BCUT2D eigenvalue weighted by Gasteiger charge is -2.60. The first-order valence-electron chi connectivity index (χ1n) is 7.73. The van der Waals surface area contributed by atoms with Crippen LogP contribution in [0, 0.1) is 24.2 Å². The average Bonchev–Trinajstić information content (AvgIpc) is 2.69. The summed E-state index contributed by atoms with van der Waals surface area (Å²) in [4.78, 5) is 16.4. The van der Waals surface area contributed by atoms with Crippen molar-refractivity contribution in [1.82, 2.24) is 10.1 Å². The van der Waals surface area contributed by atoms with Gasteiger partial charge in [0.2, 0.25) is 5.91 Å². The minimum atomic E-state index is 0.0108. The van der Waals surface area contributed by atoms with E-state index < -0.39 is 0 Å². The van der Waals surface area contributed by atoms with Crippen molar-refractivity contribution < 1.29 is 9.32 Å². The quantitative estimate of drug-likeness (QED) is 0.845. The van der Waals surface area contributed by atoms with Gasteiger partial charge in [-0.3, -0.25) is 10.1 Å². The van der Waals surface area contributed by atoms with Gasteiger partial charge in [-0.25, -0.2) is 0 Å². The first-order chi connectivity index (χ1) is 9.94. The molecule has 2 unspecified atom stereocenters. The number of aromatic nitrogens is 2. The molecule has 0 spiro atoms. The van der Waals surface area contributed by atoms with Crippen molar-refractivity contribution in [3.8, 4) is 0 Å². The molecule has 1 heterocycles. The summed E-state index contributed by atoms with van der Waals surface area (Å²) in [5.74, 6) is 2.14. The molecule has 0 radical (unpaired) electrons. The summed E-state index contributed by atoms with van der Waals surface area (Å²) < 4.78 is 5.26. The van der Waals surface area contributed by atoms with Crippen LogP contribution in [-0.2, 0) is 4.79 Å². The Balaban J connectivity index is 1.47. The lowest BCUT2D eigenvalue weighted by Crippen LogP contribution is -2.53. The number of alkyl halides is 1. The molecule has 2 atom stereocenters. The van der Waals surface area contributed by atoms with Crippen LogP contribution in [0.15, 0.2) is 4.52 Å². The van der Waals surface area contributed by atoms with Gasteiger partial charge in [0, 0.05) is 10.7 Å². The summed E-state index contributed by atoms with van der Waals surface area (Å²) in [5.41, 5.74) is 0.173. The predicted octanol–water partition coefficient (Wildman–Crippen LogP) is 3.44. The summed E-state index contributed by atoms with van der Waals surface area (Å²) in [6.45, 7) is 1.74. The van der Waals surface area contributed by atoms with E-state index in [9.17, 15) is 4.79 Å². The monoisotopic (exact) mass is 353 g/mol. The van der Waals surface area contributed by atoms with Crippen LogP contribution in [0.1, 0.15) is 50.8 Å². The Labute approximate surface area is 132 Å². The van der Waals surface area contributed by atoms with Crippen LogP contribution in [0.3, 0.4) is 0 Å². The molecular weight excluding hydrogens is 334 g/mol. The van der Waals surface area contributed by atoms with E-state index in [2.05, 4.69) is 31.4 Å². The SMILES string of the molecule is Cc1noc(NC(=O)CC23CC4CC(CC(Br)(C4)C2)C3)n1. The molecule has 6 heteroatoms. The van der Waals surface area contributed by atoms with Crippen LogP contribution in [0.2, 0.25) is 0 Å². The number of aryl methyl sites for hydroxylation is 1. The largest absolute Gasteiger partial charge is 0.328 e. The lowest BCUT2D eigenvalue weighted by molar-refractivity contribution is -0.123. The fourth-order valence-corrected chi connectivity index (χ4v) is 6.91. The van der Waals surface area contributed by atoms with Gasteiger partial charge in [-0.05, 0) is 62.7 Å². The van der Waals surface area contributed by atoms with Crippen LogP contribution in [-0.4, -0.2) is 20.4 Å². The van der Waals surface area contributed by atoms with Gasteiger partial charge in [0.25, 0.3) is 0 Å². The van der Waals surface area contributed by atoms with E-state index in [0.717, 1.165) is 18.3 Å². The van der Waals surface area contributed by atoms with E-state index in [0.29, 0.717) is 16.6 Å². The normalized spacial score (nSPS) is 40.5. The molecule has 4 bridgehead atoms. The molecule has 5 nitrogen and oxygen atoms in total. The first kappa shape index (κ1) is 13.7. The summed E-state index contributed by atoms with van der Waals surface area (Å²) in [6, 6.07) is 0.218. The highest BCUT2D eigenvalue weighted by Gasteiger charge is 2.57. The molecule has 1 aromatic rings. The molecule has 4 aliphatic rings. The number of nitrogens with one attached hydrogen (secondary N) is 1. The van der Waals surface area contributed by atoms with Crippen LogP contribution in [0.4, 0.5) is 6.01 Å². The molecule has 114 valence electrons. The number of halogens is 1. The van der Waals surface area contributed by atoms with Crippen molar-refractivity contribution in [3.05, 3.63) is 5.82 Å². The van der Waals surface area contributed by atoms with Crippen molar-refractivity contribution in [2.75, 3.05) is 5.32 Å². The maximum Gasteiger partial charge on any atom is 0.328 e. The highest BCUT2D eigenvalue weighted by molar-refractivity contribution is 9.10. The van der Waals surface area contributed by atoms with Gasteiger partial charge in [0.05, 0.1) is 0 Å². The highest BCUT2D eigenvalue weighted by atomic mass is 79.9. The third-order valence-corrected chi connectivity index (χ3v) is 6.35. The molecule has 4 aliphatic carbocycles. The standard InChI is InChI=1S/C15H20BrN3O2/c1-9-17-13(21-19-9)18-12(20)7-14-3-10-2-11(4-14)6-15(16,5-10)8-14/h10-11H,2-8H2,1H3,(H,17,18,19,20). The topological polar surface area (TPSA) is 68.0 Å². The number of anilines is 1. The fraction of sp³-hybridized carbons (Fsp3) is 0.800. The molecule has 1 aromatic heterocycles. The zero-order valence-corrected chi connectivity index (χ0v) is 13.8. The second-order valence-corrected chi connectivity index (χ2v) is 9.17. The Morgan fingerprint density at radius 2 is 2.10 bits per heavy atom. The lowest BCUT2D eigenvalue weighted by atomic mass is 9.48. The molecule has 0 aromatic carbocycles. The van der Waals surface area contributed by atoms with Crippen LogP contribution >= 0.6 is 15.9 Å². The predicted molar refractivity (Wildman–Crippen MR) is 81.1 cm³/mol. The summed E-state index contributed by atoms with van der Waals surface area (Å²) in [6.07, 6.45) is 8.04. The molecule has 0 aliphatic heterocycles. The second kappa shape index (κ2) is 4.54. The van der Waals surface area contributed by atoms with Crippen molar-refractivity contribution in [1.29, 1.82) is 0 Å². The average molecular weight is 354 g/mol. The van der Waals surface area contributed by atoms with E-state index in [4.69, 9.17) is 4.52 Å². The molecule has 5 rings (SSSR count). The van der Waals surface area contributed by atoms with Gasteiger partial charge in [-0.1, -0.05) is 21.1 Å². The van der Waals surface area contributed by atoms with Gasteiger partial charge in [-0.15, -0.1) is 0 Å².